The van der Waals surface area contributed by atoms with Crippen LogP contribution in [0.15, 0.2) is 71.8 Å². The zero-order valence-electron chi connectivity index (χ0n) is 19.8. The fourth-order valence-electron chi connectivity index (χ4n) is 4.03. The number of aromatic nitrogens is 1. The van der Waals surface area contributed by atoms with Gasteiger partial charge in [0, 0.05) is 17.7 Å². The van der Waals surface area contributed by atoms with Gasteiger partial charge in [-0.2, -0.15) is 8.78 Å². The molecule has 0 spiro atoms. The minimum atomic E-state index is -3.59. The van der Waals surface area contributed by atoms with Crippen LogP contribution in [0.1, 0.15) is 36.8 Å². The van der Waals surface area contributed by atoms with Crippen LogP contribution in [0, 0.1) is 12.7 Å². The Hall–Kier alpha value is -3.37. The Kier molecular flexibility index (Phi) is 7.65. The molecule has 0 atom stereocenters. The van der Waals surface area contributed by atoms with E-state index in [0.717, 1.165) is 46.1 Å². The standard InChI is InChI=1S/C26H28F3N5OS/c1-15-3-12-21-22(13-15)36-25(33-21)34-24(30)14-23(26(28,29)17-4-6-18(27)7-5-17)32-16(2)31-19-8-10-20(35)11-9-19/h3-7,12-14,19-20,31,35H,2,8-11,30H2,1H3,(H,33,34)/b24-14+,32-23+. The van der Waals surface area contributed by atoms with E-state index in [-0.39, 0.29) is 23.8 Å². The molecular formula is C26H28F3N5OS. The second-order valence-corrected chi connectivity index (χ2v) is 9.92. The summed E-state index contributed by atoms with van der Waals surface area (Å²) in [7, 11) is 0. The van der Waals surface area contributed by atoms with Crippen molar-refractivity contribution >= 4 is 32.4 Å². The molecule has 36 heavy (non-hydrogen) atoms. The van der Waals surface area contributed by atoms with E-state index in [4.69, 9.17) is 5.73 Å². The maximum Gasteiger partial charge on any atom is 0.315 e. The molecule has 1 heterocycles. The van der Waals surface area contributed by atoms with Gasteiger partial charge in [0.15, 0.2) is 5.13 Å². The average Bonchev–Trinajstić information content (AvgIpc) is 3.21. The van der Waals surface area contributed by atoms with Crippen molar-refractivity contribution in [1.82, 2.24) is 10.3 Å². The third-order valence-electron chi connectivity index (χ3n) is 5.94. The highest BCUT2D eigenvalue weighted by Crippen LogP contribution is 2.32. The summed E-state index contributed by atoms with van der Waals surface area (Å²) in [4.78, 5) is 8.53. The van der Waals surface area contributed by atoms with E-state index in [1.54, 1.807) is 0 Å². The van der Waals surface area contributed by atoms with Crippen molar-refractivity contribution in [2.24, 2.45) is 10.7 Å². The van der Waals surface area contributed by atoms with Crippen LogP contribution >= 0.6 is 11.3 Å². The Labute approximate surface area is 211 Å². The number of hydrogen-bond donors (Lipinski definition) is 4. The van der Waals surface area contributed by atoms with Crippen molar-refractivity contribution < 1.29 is 18.3 Å². The molecule has 190 valence electrons. The summed E-state index contributed by atoms with van der Waals surface area (Å²) >= 11 is 1.35. The van der Waals surface area contributed by atoms with Gasteiger partial charge in [-0.05, 0) is 74.6 Å². The first kappa shape index (κ1) is 25.7. The van der Waals surface area contributed by atoms with Crippen LogP contribution in [0.4, 0.5) is 18.3 Å². The van der Waals surface area contributed by atoms with Gasteiger partial charge in [0.25, 0.3) is 0 Å². The number of thiazole rings is 1. The Morgan fingerprint density at radius 1 is 1.19 bits per heavy atom. The van der Waals surface area contributed by atoms with E-state index in [1.807, 2.05) is 25.1 Å². The number of aliphatic hydroxyl groups is 1. The number of allylic oxidation sites excluding steroid dienone is 1. The van der Waals surface area contributed by atoms with Crippen LogP contribution in [0.5, 0.6) is 0 Å². The largest absolute Gasteiger partial charge is 0.393 e. The number of aryl methyl sites for hydroxylation is 1. The van der Waals surface area contributed by atoms with Gasteiger partial charge in [-0.25, -0.2) is 14.4 Å². The normalized spacial score (nSPS) is 19.4. The molecule has 1 aliphatic rings. The van der Waals surface area contributed by atoms with E-state index in [2.05, 4.69) is 27.2 Å². The van der Waals surface area contributed by atoms with E-state index in [0.29, 0.717) is 30.8 Å². The first-order chi connectivity index (χ1) is 17.1. The maximum absolute atomic E-state index is 15.6. The molecule has 4 rings (SSSR count). The third kappa shape index (κ3) is 6.24. The quantitative estimate of drug-likeness (QED) is 0.295. The fourth-order valence-corrected chi connectivity index (χ4v) is 5.01. The topological polar surface area (TPSA) is 95.6 Å². The molecule has 5 N–H and O–H groups in total. The molecule has 6 nitrogen and oxygen atoms in total. The van der Waals surface area contributed by atoms with Gasteiger partial charge in [-0.1, -0.05) is 24.0 Å². The van der Waals surface area contributed by atoms with Crippen molar-refractivity contribution in [3.05, 3.63) is 83.7 Å². The smallest absolute Gasteiger partial charge is 0.315 e. The lowest BCUT2D eigenvalue weighted by atomic mass is 9.93. The first-order valence-corrected chi connectivity index (χ1v) is 12.4. The molecule has 1 saturated carbocycles. The number of halogens is 3. The predicted octanol–water partition coefficient (Wildman–Crippen LogP) is 5.55. The lowest BCUT2D eigenvalue weighted by Gasteiger charge is -2.27. The van der Waals surface area contributed by atoms with Crippen molar-refractivity contribution in [2.75, 3.05) is 5.32 Å². The number of nitrogens with two attached hydrogens (primary N) is 1. The highest BCUT2D eigenvalue weighted by molar-refractivity contribution is 7.22. The highest BCUT2D eigenvalue weighted by Gasteiger charge is 2.38. The molecule has 1 fully saturated rings. The summed E-state index contributed by atoms with van der Waals surface area (Å²) in [5.41, 5.74) is 6.84. The molecule has 10 heteroatoms. The Balaban J connectivity index is 1.61. The van der Waals surface area contributed by atoms with Crippen LogP contribution < -0.4 is 16.4 Å². The van der Waals surface area contributed by atoms with Gasteiger partial charge in [-0.3, -0.25) is 0 Å². The zero-order chi connectivity index (χ0) is 25.9. The lowest BCUT2D eigenvalue weighted by Crippen LogP contribution is -2.34. The Morgan fingerprint density at radius 2 is 1.89 bits per heavy atom. The highest BCUT2D eigenvalue weighted by atomic mass is 32.1. The second kappa shape index (κ2) is 10.7. The number of fused-ring (bicyclic) bond motifs is 1. The molecule has 0 radical (unpaired) electrons. The number of rotatable bonds is 8. The van der Waals surface area contributed by atoms with Gasteiger partial charge in [0.05, 0.1) is 16.3 Å². The first-order valence-electron chi connectivity index (χ1n) is 11.6. The number of aliphatic imine (C=N–C) groups is 1. The van der Waals surface area contributed by atoms with E-state index in [1.165, 1.54) is 11.3 Å². The zero-order valence-corrected chi connectivity index (χ0v) is 20.6. The molecule has 0 unspecified atom stereocenters. The van der Waals surface area contributed by atoms with Crippen molar-refractivity contribution in [2.45, 2.75) is 50.7 Å². The van der Waals surface area contributed by atoms with Gasteiger partial charge < -0.3 is 21.5 Å². The summed E-state index contributed by atoms with van der Waals surface area (Å²) in [6, 6.07) is 9.72. The third-order valence-corrected chi connectivity index (χ3v) is 6.87. The maximum atomic E-state index is 15.6. The van der Waals surface area contributed by atoms with E-state index < -0.39 is 23.0 Å². The second-order valence-electron chi connectivity index (χ2n) is 8.89. The van der Waals surface area contributed by atoms with Crippen LogP contribution in [-0.2, 0) is 5.92 Å². The molecule has 1 aromatic heterocycles. The molecular weight excluding hydrogens is 487 g/mol. The summed E-state index contributed by atoms with van der Waals surface area (Å²) in [5.74, 6) is -4.24. The number of nitrogens with zero attached hydrogens (tertiary/aromatic N) is 2. The molecule has 2 aromatic carbocycles. The monoisotopic (exact) mass is 515 g/mol. The Morgan fingerprint density at radius 3 is 2.58 bits per heavy atom. The number of anilines is 1. The van der Waals surface area contributed by atoms with Crippen molar-refractivity contribution in [1.29, 1.82) is 0 Å². The number of aliphatic hydroxyl groups excluding tert-OH is 1. The summed E-state index contributed by atoms with van der Waals surface area (Å²) < 4.78 is 45.4. The molecule has 0 bridgehead atoms. The van der Waals surface area contributed by atoms with Gasteiger partial charge >= 0.3 is 5.92 Å². The van der Waals surface area contributed by atoms with Crippen LogP contribution in [-0.4, -0.2) is 27.9 Å². The number of nitrogens with one attached hydrogen (secondary N) is 2. The number of alkyl halides is 2. The number of benzene rings is 2. The summed E-state index contributed by atoms with van der Waals surface area (Å²) in [6.45, 7) is 5.77. The molecule has 0 amide bonds. The minimum absolute atomic E-state index is 0.0315. The number of hydrogen-bond acceptors (Lipinski definition) is 7. The molecule has 0 saturated heterocycles. The van der Waals surface area contributed by atoms with E-state index >= 15 is 8.78 Å². The van der Waals surface area contributed by atoms with Crippen LogP contribution in [0.2, 0.25) is 0 Å². The van der Waals surface area contributed by atoms with E-state index in [9.17, 15) is 9.50 Å². The Bertz CT molecular complexity index is 1290. The minimum Gasteiger partial charge on any atom is -0.393 e. The van der Waals surface area contributed by atoms with Gasteiger partial charge in [0.2, 0.25) is 0 Å². The summed E-state index contributed by atoms with van der Waals surface area (Å²) in [5, 5.41) is 16.1. The van der Waals surface area contributed by atoms with Gasteiger partial charge in [-0.15, -0.1) is 0 Å². The summed E-state index contributed by atoms with van der Waals surface area (Å²) in [6.07, 6.45) is 3.28. The molecule has 3 aromatic rings. The fraction of sp³-hybridized carbons (Fsp3) is 0.308. The van der Waals surface area contributed by atoms with Crippen molar-refractivity contribution in [3.63, 3.8) is 0 Å². The van der Waals surface area contributed by atoms with Crippen LogP contribution in [0.3, 0.4) is 0 Å². The SMILES string of the molecule is C=C(/N=C(\C=C(/N)Nc1nc2ccc(C)cc2s1)C(F)(F)c1ccc(F)cc1)NC1CCC(O)CC1. The average molecular weight is 516 g/mol. The van der Waals surface area contributed by atoms with Crippen molar-refractivity contribution in [3.8, 4) is 0 Å². The predicted molar refractivity (Wildman–Crippen MR) is 139 cm³/mol. The van der Waals surface area contributed by atoms with Gasteiger partial charge in [0.1, 0.15) is 23.2 Å². The molecule has 1 aliphatic carbocycles. The lowest BCUT2D eigenvalue weighted by molar-refractivity contribution is 0.0768. The molecule has 0 aliphatic heterocycles. The van der Waals surface area contributed by atoms with Crippen LogP contribution in [0.25, 0.3) is 10.2 Å².